The lowest BCUT2D eigenvalue weighted by atomic mass is 9.98. The fourth-order valence-electron chi connectivity index (χ4n) is 5.32. The number of anilines is 1. The molecule has 228 valence electrons. The van der Waals surface area contributed by atoms with E-state index in [1.807, 2.05) is 11.8 Å². The molecule has 4 heterocycles. The van der Waals surface area contributed by atoms with E-state index < -0.39 is 22.2 Å². The Morgan fingerprint density at radius 3 is 2.39 bits per heavy atom. The van der Waals surface area contributed by atoms with E-state index in [1.165, 1.54) is 21.6 Å². The van der Waals surface area contributed by atoms with Gasteiger partial charge in [-0.15, -0.1) is 0 Å². The highest BCUT2D eigenvalue weighted by atomic mass is 32.2. The van der Waals surface area contributed by atoms with Gasteiger partial charge in [0.15, 0.2) is 5.82 Å². The van der Waals surface area contributed by atoms with Crippen LogP contribution in [0, 0.1) is 5.92 Å². The van der Waals surface area contributed by atoms with Crippen molar-refractivity contribution >= 4 is 27.8 Å². The standard InChI is InChI=1S/C26H40N6O8S/c1-26(5-6-26)40-25(36)30-8-3-19(4-9-30)18-39-23-14-27-22(13-28-23)32-11-10-31(17-24(32)35)41(37,38)12-2-7-29-15-20(33)21(34)16-29/h13-14,19-21,33-34H,2-12,15-18H2,1H3. The van der Waals surface area contributed by atoms with Gasteiger partial charge in [-0.1, -0.05) is 0 Å². The van der Waals surface area contributed by atoms with E-state index in [1.54, 1.807) is 4.90 Å². The first-order chi connectivity index (χ1) is 19.5. The molecule has 4 fully saturated rings. The fourth-order valence-corrected chi connectivity index (χ4v) is 6.74. The van der Waals surface area contributed by atoms with Gasteiger partial charge in [-0.05, 0) is 51.5 Å². The molecule has 1 saturated carbocycles. The Balaban J connectivity index is 1.02. The minimum Gasteiger partial charge on any atom is -0.476 e. The number of aromatic nitrogens is 2. The summed E-state index contributed by atoms with van der Waals surface area (Å²) in [6, 6.07) is 0. The van der Waals surface area contributed by atoms with Crippen LogP contribution in [0.4, 0.5) is 10.6 Å². The van der Waals surface area contributed by atoms with Crippen molar-refractivity contribution in [1.29, 1.82) is 0 Å². The second kappa shape index (κ2) is 12.3. The summed E-state index contributed by atoms with van der Waals surface area (Å²) in [4.78, 5) is 38.7. The zero-order valence-corrected chi connectivity index (χ0v) is 24.2. The Morgan fingerprint density at radius 2 is 1.78 bits per heavy atom. The molecule has 2 amide bonds. The number of carbonyl (C=O) groups excluding carboxylic acids is 2. The molecule has 3 aliphatic heterocycles. The van der Waals surface area contributed by atoms with Crippen LogP contribution in [0.3, 0.4) is 0 Å². The number of hydrogen-bond acceptors (Lipinski definition) is 11. The fraction of sp³-hybridized carbons (Fsp3) is 0.769. The number of likely N-dealkylation sites (tertiary alicyclic amines) is 2. The summed E-state index contributed by atoms with van der Waals surface area (Å²) in [6.45, 7) is 4.79. The first-order valence-corrected chi connectivity index (χ1v) is 15.9. The third kappa shape index (κ3) is 7.63. The van der Waals surface area contributed by atoms with E-state index in [2.05, 4.69) is 9.97 Å². The summed E-state index contributed by atoms with van der Waals surface area (Å²) in [5.74, 6) is 0.458. The van der Waals surface area contributed by atoms with Gasteiger partial charge in [-0.3, -0.25) is 14.6 Å². The summed E-state index contributed by atoms with van der Waals surface area (Å²) in [6.07, 6.45) is 4.87. The number of rotatable bonds is 10. The van der Waals surface area contributed by atoms with Gasteiger partial charge in [0, 0.05) is 39.3 Å². The van der Waals surface area contributed by atoms with E-state index in [4.69, 9.17) is 9.47 Å². The van der Waals surface area contributed by atoms with Gasteiger partial charge < -0.3 is 24.6 Å². The zero-order chi connectivity index (χ0) is 29.2. The number of carbonyl (C=O) groups is 2. The first kappa shape index (κ1) is 29.9. The first-order valence-electron chi connectivity index (χ1n) is 14.3. The molecule has 2 atom stereocenters. The Hall–Kier alpha value is -2.59. The van der Waals surface area contributed by atoms with E-state index in [-0.39, 0.29) is 48.9 Å². The number of nitrogens with zero attached hydrogens (tertiary/aromatic N) is 6. The van der Waals surface area contributed by atoms with Crippen molar-refractivity contribution in [2.24, 2.45) is 5.92 Å². The minimum absolute atomic E-state index is 0.114. The van der Waals surface area contributed by atoms with Crippen molar-refractivity contribution < 1.29 is 37.7 Å². The molecule has 5 rings (SSSR count). The monoisotopic (exact) mass is 596 g/mol. The number of ether oxygens (including phenoxy) is 2. The summed E-state index contributed by atoms with van der Waals surface area (Å²) in [7, 11) is -3.63. The predicted molar refractivity (Wildman–Crippen MR) is 147 cm³/mol. The molecule has 3 saturated heterocycles. The van der Waals surface area contributed by atoms with Crippen molar-refractivity contribution in [3.8, 4) is 5.88 Å². The number of amides is 2. The third-order valence-electron chi connectivity index (χ3n) is 8.31. The normalized spacial score (nSPS) is 25.9. The smallest absolute Gasteiger partial charge is 0.410 e. The van der Waals surface area contributed by atoms with Crippen LogP contribution in [0.25, 0.3) is 0 Å². The van der Waals surface area contributed by atoms with Crippen molar-refractivity contribution in [3.63, 3.8) is 0 Å². The van der Waals surface area contributed by atoms with Crippen LogP contribution in [0.15, 0.2) is 12.4 Å². The number of β-amino-alcohol motifs (C(OH)–C–C–N with tert-alkyl or cyclic N) is 2. The SMILES string of the molecule is CC1(OC(=O)N2CCC(COc3cnc(N4CCN(S(=O)(=O)CCCN5CC(O)C(O)C5)CC4=O)cn3)CC2)CC1. The molecule has 41 heavy (non-hydrogen) atoms. The molecule has 1 aliphatic carbocycles. The zero-order valence-electron chi connectivity index (χ0n) is 23.4. The van der Waals surface area contributed by atoms with E-state index in [0.717, 1.165) is 25.7 Å². The van der Waals surface area contributed by atoms with Crippen LogP contribution in [0.1, 0.15) is 39.0 Å². The van der Waals surface area contributed by atoms with Crippen LogP contribution in [-0.4, -0.2) is 137 Å². The molecule has 2 unspecified atom stereocenters. The van der Waals surface area contributed by atoms with E-state index in [0.29, 0.717) is 57.4 Å². The summed E-state index contributed by atoms with van der Waals surface area (Å²) >= 11 is 0. The van der Waals surface area contributed by atoms with Crippen LogP contribution in [0.5, 0.6) is 5.88 Å². The van der Waals surface area contributed by atoms with Gasteiger partial charge in [-0.2, -0.15) is 4.31 Å². The highest BCUT2D eigenvalue weighted by Gasteiger charge is 2.43. The second-order valence-electron chi connectivity index (χ2n) is 11.7. The number of sulfonamides is 1. The van der Waals surface area contributed by atoms with Crippen molar-refractivity contribution in [1.82, 2.24) is 24.1 Å². The summed E-state index contributed by atoms with van der Waals surface area (Å²) < 4.78 is 38.2. The Kier molecular flexibility index (Phi) is 8.99. The lowest BCUT2D eigenvalue weighted by Gasteiger charge is -2.33. The Labute approximate surface area is 240 Å². The van der Waals surface area contributed by atoms with Crippen LogP contribution < -0.4 is 9.64 Å². The third-order valence-corrected chi connectivity index (χ3v) is 10.2. The molecule has 0 radical (unpaired) electrons. The lowest BCUT2D eigenvalue weighted by Crippen LogP contribution is -2.53. The number of piperidine rings is 1. The topological polar surface area (TPSA) is 166 Å². The maximum atomic E-state index is 12.8. The van der Waals surface area contributed by atoms with Gasteiger partial charge >= 0.3 is 6.09 Å². The summed E-state index contributed by atoms with van der Waals surface area (Å²) in [5.41, 5.74) is -0.274. The Bertz CT molecular complexity index is 1180. The van der Waals surface area contributed by atoms with Gasteiger partial charge in [0.25, 0.3) is 0 Å². The molecule has 0 spiro atoms. The van der Waals surface area contributed by atoms with Gasteiger partial charge in [0.2, 0.25) is 21.8 Å². The summed E-state index contributed by atoms with van der Waals surface area (Å²) in [5, 5.41) is 19.3. The highest BCUT2D eigenvalue weighted by molar-refractivity contribution is 7.89. The molecule has 15 heteroatoms. The maximum Gasteiger partial charge on any atom is 0.410 e. The average molecular weight is 597 g/mol. The molecule has 0 aromatic carbocycles. The van der Waals surface area contributed by atoms with Crippen LogP contribution in [0.2, 0.25) is 0 Å². The predicted octanol–water partition coefficient (Wildman–Crippen LogP) is -0.338. The van der Waals surface area contributed by atoms with E-state index >= 15 is 0 Å². The quantitative estimate of drug-likeness (QED) is 0.363. The van der Waals surface area contributed by atoms with Crippen molar-refractivity contribution in [3.05, 3.63) is 12.4 Å². The lowest BCUT2D eigenvalue weighted by molar-refractivity contribution is -0.120. The molecule has 0 bridgehead atoms. The molecular weight excluding hydrogens is 556 g/mol. The molecule has 14 nitrogen and oxygen atoms in total. The molecular formula is C26H40N6O8S. The molecule has 1 aromatic rings. The van der Waals surface area contributed by atoms with Crippen LogP contribution >= 0.6 is 0 Å². The molecule has 2 N–H and O–H groups in total. The average Bonchev–Trinajstić information content (AvgIpc) is 3.58. The number of aliphatic hydroxyl groups excluding tert-OH is 2. The number of hydrogen-bond donors (Lipinski definition) is 2. The van der Waals surface area contributed by atoms with Gasteiger partial charge in [-0.25, -0.2) is 23.2 Å². The number of aliphatic hydroxyl groups is 2. The molecule has 4 aliphatic rings. The largest absolute Gasteiger partial charge is 0.476 e. The van der Waals surface area contributed by atoms with E-state index in [9.17, 15) is 28.2 Å². The minimum atomic E-state index is -3.63. The second-order valence-corrected chi connectivity index (χ2v) is 13.8. The molecule has 1 aromatic heterocycles. The van der Waals surface area contributed by atoms with Crippen molar-refractivity contribution in [2.75, 3.05) is 69.6 Å². The maximum absolute atomic E-state index is 12.8. The Morgan fingerprint density at radius 1 is 1.07 bits per heavy atom. The van der Waals surface area contributed by atoms with Crippen molar-refractivity contribution in [2.45, 2.75) is 56.8 Å². The highest BCUT2D eigenvalue weighted by Crippen LogP contribution is 2.39. The van der Waals surface area contributed by atoms with Gasteiger partial charge in [0.05, 0.1) is 43.5 Å². The van der Waals surface area contributed by atoms with Crippen LogP contribution in [-0.2, 0) is 19.6 Å². The van der Waals surface area contributed by atoms with Gasteiger partial charge in [0.1, 0.15) is 5.60 Å². The number of piperazine rings is 1.